The van der Waals surface area contributed by atoms with Crippen LogP contribution >= 0.6 is 23.2 Å². The van der Waals surface area contributed by atoms with Gasteiger partial charge in [0.25, 0.3) is 0 Å². The van der Waals surface area contributed by atoms with Crippen LogP contribution in [0.2, 0.25) is 10.0 Å². The molecule has 0 spiro atoms. The SMILES string of the molecule is CCCOc1ccc(CNC(=O)Cc2ccc(Cl)c(Cl)c2)cc1OC. The number of benzene rings is 2. The predicted octanol–water partition coefficient (Wildman–Crippen LogP) is 4.65. The Bertz CT molecular complexity index is 735. The fourth-order valence-corrected chi connectivity index (χ4v) is 2.57. The highest BCUT2D eigenvalue weighted by Crippen LogP contribution is 2.28. The Morgan fingerprint density at radius 3 is 2.48 bits per heavy atom. The minimum Gasteiger partial charge on any atom is -0.493 e. The number of methoxy groups -OCH3 is 1. The summed E-state index contributed by atoms with van der Waals surface area (Å²) in [6.07, 6.45) is 1.17. The Kier molecular flexibility index (Phi) is 7.41. The molecule has 6 heteroatoms. The highest BCUT2D eigenvalue weighted by molar-refractivity contribution is 6.42. The van der Waals surface area contributed by atoms with Crippen molar-refractivity contribution in [2.24, 2.45) is 0 Å². The fourth-order valence-electron chi connectivity index (χ4n) is 2.25. The van der Waals surface area contributed by atoms with Gasteiger partial charge in [-0.2, -0.15) is 0 Å². The highest BCUT2D eigenvalue weighted by Gasteiger charge is 2.08. The Labute approximate surface area is 158 Å². The van der Waals surface area contributed by atoms with Crippen LogP contribution in [0, 0.1) is 0 Å². The summed E-state index contributed by atoms with van der Waals surface area (Å²) >= 11 is 11.8. The van der Waals surface area contributed by atoms with E-state index in [1.54, 1.807) is 25.3 Å². The van der Waals surface area contributed by atoms with E-state index in [1.165, 1.54) is 0 Å². The number of carbonyl (C=O) groups is 1. The Balaban J connectivity index is 1.93. The number of hydrogen-bond acceptors (Lipinski definition) is 3. The van der Waals surface area contributed by atoms with Gasteiger partial charge in [0.1, 0.15) is 0 Å². The summed E-state index contributed by atoms with van der Waals surface area (Å²) < 4.78 is 11.0. The summed E-state index contributed by atoms with van der Waals surface area (Å²) in [4.78, 5) is 12.1. The van der Waals surface area contributed by atoms with Crippen LogP contribution in [0.5, 0.6) is 11.5 Å². The van der Waals surface area contributed by atoms with Crippen molar-refractivity contribution in [1.29, 1.82) is 0 Å². The molecule has 0 heterocycles. The second kappa shape index (κ2) is 9.54. The van der Waals surface area contributed by atoms with Gasteiger partial charge in [-0.1, -0.05) is 42.3 Å². The van der Waals surface area contributed by atoms with E-state index in [-0.39, 0.29) is 12.3 Å². The smallest absolute Gasteiger partial charge is 0.224 e. The lowest BCUT2D eigenvalue weighted by molar-refractivity contribution is -0.120. The normalized spacial score (nSPS) is 10.4. The Hall–Kier alpha value is -1.91. The average Bonchev–Trinajstić information content (AvgIpc) is 2.61. The predicted molar refractivity (Wildman–Crippen MR) is 101 cm³/mol. The molecule has 0 aliphatic heterocycles. The molecule has 2 aromatic rings. The van der Waals surface area contributed by atoms with Gasteiger partial charge in [-0.3, -0.25) is 4.79 Å². The summed E-state index contributed by atoms with van der Waals surface area (Å²) in [7, 11) is 1.60. The molecular formula is C19H21Cl2NO3. The zero-order valence-electron chi connectivity index (χ0n) is 14.3. The topological polar surface area (TPSA) is 47.6 Å². The monoisotopic (exact) mass is 381 g/mol. The minimum absolute atomic E-state index is 0.0938. The van der Waals surface area contributed by atoms with Crippen molar-refractivity contribution in [3.63, 3.8) is 0 Å². The molecule has 0 aliphatic carbocycles. The minimum atomic E-state index is -0.0938. The van der Waals surface area contributed by atoms with Crippen LogP contribution < -0.4 is 14.8 Å². The Morgan fingerprint density at radius 2 is 1.80 bits per heavy atom. The second-order valence-corrected chi connectivity index (χ2v) is 6.35. The number of ether oxygens (including phenoxy) is 2. The molecule has 0 saturated carbocycles. The van der Waals surface area contributed by atoms with E-state index in [2.05, 4.69) is 5.32 Å². The van der Waals surface area contributed by atoms with Crippen molar-refractivity contribution in [2.45, 2.75) is 26.3 Å². The molecule has 2 aromatic carbocycles. The molecule has 0 bridgehead atoms. The molecule has 0 fully saturated rings. The summed E-state index contributed by atoms with van der Waals surface area (Å²) in [5.41, 5.74) is 1.75. The maximum absolute atomic E-state index is 12.1. The van der Waals surface area contributed by atoms with E-state index in [0.717, 1.165) is 17.5 Å². The zero-order valence-corrected chi connectivity index (χ0v) is 15.8. The number of amides is 1. The van der Waals surface area contributed by atoms with Crippen LogP contribution in [0.15, 0.2) is 36.4 Å². The molecule has 1 N–H and O–H groups in total. The van der Waals surface area contributed by atoms with Gasteiger partial charge in [0.15, 0.2) is 11.5 Å². The van der Waals surface area contributed by atoms with Crippen LogP contribution in [0.3, 0.4) is 0 Å². The maximum Gasteiger partial charge on any atom is 0.224 e. The van der Waals surface area contributed by atoms with E-state index >= 15 is 0 Å². The van der Waals surface area contributed by atoms with Crippen LogP contribution in [0.4, 0.5) is 0 Å². The highest BCUT2D eigenvalue weighted by atomic mass is 35.5. The van der Waals surface area contributed by atoms with E-state index in [1.807, 2.05) is 25.1 Å². The molecule has 134 valence electrons. The van der Waals surface area contributed by atoms with Crippen molar-refractivity contribution in [1.82, 2.24) is 5.32 Å². The van der Waals surface area contributed by atoms with Crippen molar-refractivity contribution in [3.8, 4) is 11.5 Å². The van der Waals surface area contributed by atoms with Crippen molar-refractivity contribution in [3.05, 3.63) is 57.6 Å². The maximum atomic E-state index is 12.1. The first kappa shape index (κ1) is 19.4. The molecule has 0 unspecified atom stereocenters. The number of halogens is 2. The van der Waals surface area contributed by atoms with E-state index in [0.29, 0.717) is 34.7 Å². The largest absolute Gasteiger partial charge is 0.493 e. The summed E-state index contributed by atoms with van der Waals surface area (Å²) in [6, 6.07) is 10.8. The molecule has 4 nitrogen and oxygen atoms in total. The van der Waals surface area contributed by atoms with E-state index in [9.17, 15) is 4.79 Å². The first-order valence-electron chi connectivity index (χ1n) is 8.03. The van der Waals surface area contributed by atoms with Gasteiger partial charge in [0.2, 0.25) is 5.91 Å². The van der Waals surface area contributed by atoms with Crippen LogP contribution in [0.1, 0.15) is 24.5 Å². The van der Waals surface area contributed by atoms with Crippen LogP contribution in [0.25, 0.3) is 0 Å². The molecular weight excluding hydrogens is 361 g/mol. The summed E-state index contributed by atoms with van der Waals surface area (Å²) in [6.45, 7) is 3.09. The van der Waals surface area contributed by atoms with Gasteiger partial charge in [-0.15, -0.1) is 0 Å². The fraction of sp³-hybridized carbons (Fsp3) is 0.316. The molecule has 0 radical (unpaired) electrons. The second-order valence-electron chi connectivity index (χ2n) is 5.54. The number of carbonyl (C=O) groups excluding carboxylic acids is 1. The van der Waals surface area contributed by atoms with Gasteiger partial charge < -0.3 is 14.8 Å². The molecule has 1 amide bonds. The standard InChI is InChI=1S/C19H21Cl2NO3/c1-3-8-25-17-7-5-14(10-18(17)24-2)12-22-19(23)11-13-4-6-15(20)16(21)9-13/h4-7,9-10H,3,8,11-12H2,1-2H3,(H,22,23). The summed E-state index contributed by atoms with van der Waals surface area (Å²) in [5, 5.41) is 3.80. The van der Waals surface area contributed by atoms with Crippen molar-refractivity contribution < 1.29 is 14.3 Å². The number of rotatable bonds is 8. The average molecular weight is 382 g/mol. The molecule has 25 heavy (non-hydrogen) atoms. The lowest BCUT2D eigenvalue weighted by Gasteiger charge is -2.12. The van der Waals surface area contributed by atoms with Gasteiger partial charge >= 0.3 is 0 Å². The van der Waals surface area contributed by atoms with E-state index < -0.39 is 0 Å². The lowest BCUT2D eigenvalue weighted by atomic mass is 10.1. The molecule has 0 saturated heterocycles. The number of nitrogens with one attached hydrogen (secondary N) is 1. The molecule has 0 atom stereocenters. The van der Waals surface area contributed by atoms with Gasteiger partial charge in [0.05, 0.1) is 30.2 Å². The third kappa shape index (κ3) is 5.83. The first-order chi connectivity index (χ1) is 12.0. The van der Waals surface area contributed by atoms with Crippen molar-refractivity contribution in [2.75, 3.05) is 13.7 Å². The first-order valence-corrected chi connectivity index (χ1v) is 8.79. The van der Waals surface area contributed by atoms with Gasteiger partial charge in [-0.25, -0.2) is 0 Å². The Morgan fingerprint density at radius 1 is 1.04 bits per heavy atom. The van der Waals surface area contributed by atoms with Crippen LogP contribution in [-0.2, 0) is 17.8 Å². The summed E-state index contributed by atoms with van der Waals surface area (Å²) in [5.74, 6) is 1.27. The third-order valence-corrected chi connectivity index (χ3v) is 4.27. The molecule has 2 rings (SSSR count). The third-order valence-electron chi connectivity index (χ3n) is 3.53. The zero-order chi connectivity index (χ0) is 18.2. The van der Waals surface area contributed by atoms with E-state index in [4.69, 9.17) is 32.7 Å². The number of hydrogen-bond donors (Lipinski definition) is 1. The molecule has 0 aromatic heterocycles. The lowest BCUT2D eigenvalue weighted by Crippen LogP contribution is -2.24. The van der Waals surface area contributed by atoms with Crippen LogP contribution in [-0.4, -0.2) is 19.6 Å². The van der Waals surface area contributed by atoms with Gasteiger partial charge in [-0.05, 0) is 41.8 Å². The van der Waals surface area contributed by atoms with Gasteiger partial charge in [0, 0.05) is 6.54 Å². The quantitative estimate of drug-likeness (QED) is 0.723. The van der Waals surface area contributed by atoms with Crippen molar-refractivity contribution >= 4 is 29.1 Å². The molecule has 0 aliphatic rings.